The third-order valence-electron chi connectivity index (χ3n) is 3.38. The van der Waals surface area contributed by atoms with Gasteiger partial charge in [0.05, 0.1) is 11.9 Å². The average Bonchev–Trinajstić information content (AvgIpc) is 2.52. The monoisotopic (exact) mass is 301 g/mol. The van der Waals surface area contributed by atoms with Gasteiger partial charge in [-0.2, -0.15) is 5.10 Å². The molecule has 0 amide bonds. The largest absolute Gasteiger partial charge is 0.507 e. The molecule has 22 heavy (non-hydrogen) atoms. The molecule has 2 aromatic carbocycles. The molecular weight excluding hydrogens is 281 g/mol. The van der Waals surface area contributed by atoms with E-state index < -0.39 is 0 Å². The molecule has 0 unspecified atom stereocenters. The zero-order valence-corrected chi connectivity index (χ0v) is 12.8. The van der Waals surface area contributed by atoms with Crippen molar-refractivity contribution in [2.24, 2.45) is 5.10 Å². The Bertz CT molecular complexity index is 637. The Morgan fingerprint density at radius 2 is 1.82 bits per heavy atom. The lowest BCUT2D eigenvalue weighted by Crippen LogP contribution is -2.21. The van der Waals surface area contributed by atoms with Gasteiger partial charge in [-0.25, -0.2) is 4.39 Å². The van der Waals surface area contributed by atoms with Crippen molar-refractivity contribution in [1.29, 1.82) is 0 Å². The fraction of sp³-hybridized carbons (Fsp3) is 0.235. The molecule has 116 valence electrons. The van der Waals surface area contributed by atoms with Gasteiger partial charge in [-0.05, 0) is 50.2 Å². The van der Waals surface area contributed by atoms with Gasteiger partial charge in [0.1, 0.15) is 11.6 Å². The second-order valence-corrected chi connectivity index (χ2v) is 4.79. The molecule has 0 bridgehead atoms. The summed E-state index contributed by atoms with van der Waals surface area (Å²) in [6, 6.07) is 11.4. The van der Waals surface area contributed by atoms with Gasteiger partial charge in [0.2, 0.25) is 0 Å². The van der Waals surface area contributed by atoms with Crippen molar-refractivity contribution in [1.82, 2.24) is 0 Å². The summed E-state index contributed by atoms with van der Waals surface area (Å²) < 4.78 is 12.8. The molecule has 0 radical (unpaired) electrons. The molecule has 0 spiro atoms. The molecule has 0 saturated heterocycles. The Morgan fingerprint density at radius 1 is 1.14 bits per heavy atom. The van der Waals surface area contributed by atoms with E-state index in [-0.39, 0.29) is 11.6 Å². The Morgan fingerprint density at radius 3 is 2.41 bits per heavy atom. The Balaban J connectivity index is 2.06. The van der Waals surface area contributed by atoms with Crippen molar-refractivity contribution in [3.63, 3.8) is 0 Å². The summed E-state index contributed by atoms with van der Waals surface area (Å²) in [6.07, 6.45) is 1.53. The molecule has 4 nitrogen and oxygen atoms in total. The average molecular weight is 301 g/mol. The van der Waals surface area contributed by atoms with E-state index >= 15 is 0 Å². The van der Waals surface area contributed by atoms with Gasteiger partial charge < -0.3 is 10.0 Å². The molecule has 0 aromatic heterocycles. The van der Waals surface area contributed by atoms with Gasteiger partial charge in [-0.3, -0.25) is 5.43 Å². The van der Waals surface area contributed by atoms with Crippen molar-refractivity contribution in [2.45, 2.75) is 13.8 Å². The number of hydrogen-bond donors (Lipinski definition) is 2. The second kappa shape index (κ2) is 7.45. The van der Waals surface area contributed by atoms with Gasteiger partial charge in [0, 0.05) is 30.4 Å². The maximum absolute atomic E-state index is 12.8. The van der Waals surface area contributed by atoms with Crippen LogP contribution in [-0.4, -0.2) is 24.4 Å². The standard InChI is InChI=1S/C17H20FN3O/c1-3-21(4-2)16-10-5-13(17(22)11-16)12-19-20-15-8-6-14(18)7-9-15/h5-12,20,22H,3-4H2,1-2H3/b19-12+. The highest BCUT2D eigenvalue weighted by atomic mass is 19.1. The smallest absolute Gasteiger partial charge is 0.126 e. The molecule has 0 aliphatic carbocycles. The number of benzene rings is 2. The van der Waals surface area contributed by atoms with Gasteiger partial charge in [0.25, 0.3) is 0 Å². The molecule has 2 aromatic rings. The molecule has 0 fully saturated rings. The fourth-order valence-corrected chi connectivity index (χ4v) is 2.13. The number of hydrogen-bond acceptors (Lipinski definition) is 4. The molecular formula is C17H20FN3O. The number of anilines is 2. The van der Waals surface area contributed by atoms with Crippen LogP contribution in [0.1, 0.15) is 19.4 Å². The maximum atomic E-state index is 12.8. The predicted octanol–water partition coefficient (Wildman–Crippen LogP) is 3.82. The summed E-state index contributed by atoms with van der Waals surface area (Å²) in [5.74, 6) is -0.117. The number of nitrogens with one attached hydrogen (secondary N) is 1. The topological polar surface area (TPSA) is 47.9 Å². The first-order valence-corrected chi connectivity index (χ1v) is 7.26. The van der Waals surface area contributed by atoms with Crippen LogP contribution in [0.25, 0.3) is 0 Å². The molecule has 0 aliphatic heterocycles. The molecule has 0 saturated carbocycles. The predicted molar refractivity (Wildman–Crippen MR) is 89.3 cm³/mol. The summed E-state index contributed by atoms with van der Waals surface area (Å²) in [6.45, 7) is 5.91. The highest BCUT2D eigenvalue weighted by Gasteiger charge is 2.05. The Kier molecular flexibility index (Phi) is 5.36. The minimum absolute atomic E-state index is 0.175. The maximum Gasteiger partial charge on any atom is 0.126 e. The van der Waals surface area contributed by atoms with E-state index in [1.54, 1.807) is 18.2 Å². The number of halogens is 1. The first-order chi connectivity index (χ1) is 10.6. The van der Waals surface area contributed by atoms with E-state index in [9.17, 15) is 9.50 Å². The minimum Gasteiger partial charge on any atom is -0.507 e. The van der Waals surface area contributed by atoms with Crippen LogP contribution < -0.4 is 10.3 Å². The first kappa shape index (κ1) is 15.8. The van der Waals surface area contributed by atoms with Crippen molar-refractivity contribution in [3.8, 4) is 5.75 Å². The normalized spacial score (nSPS) is 10.9. The number of aromatic hydroxyl groups is 1. The van der Waals surface area contributed by atoms with Crippen molar-refractivity contribution >= 4 is 17.6 Å². The van der Waals surface area contributed by atoms with E-state index in [0.717, 1.165) is 18.8 Å². The van der Waals surface area contributed by atoms with Crippen LogP contribution in [-0.2, 0) is 0 Å². The first-order valence-electron chi connectivity index (χ1n) is 7.26. The lowest BCUT2D eigenvalue weighted by atomic mass is 10.2. The molecule has 0 aliphatic rings. The van der Waals surface area contributed by atoms with Gasteiger partial charge in [-0.15, -0.1) is 0 Å². The van der Waals surface area contributed by atoms with E-state index in [2.05, 4.69) is 29.3 Å². The highest BCUT2D eigenvalue weighted by molar-refractivity contribution is 5.85. The minimum atomic E-state index is -0.292. The van der Waals surface area contributed by atoms with Gasteiger partial charge in [0.15, 0.2) is 0 Å². The van der Waals surface area contributed by atoms with Gasteiger partial charge >= 0.3 is 0 Å². The number of phenolic OH excluding ortho intramolecular Hbond substituents is 1. The molecule has 2 rings (SSSR count). The van der Waals surface area contributed by atoms with Crippen LogP contribution in [0, 0.1) is 5.82 Å². The van der Waals surface area contributed by atoms with Crippen LogP contribution in [0.4, 0.5) is 15.8 Å². The molecule has 0 atom stereocenters. The summed E-state index contributed by atoms with van der Waals surface area (Å²) in [5, 5.41) is 14.1. The lowest BCUT2D eigenvalue weighted by Gasteiger charge is -2.21. The second-order valence-electron chi connectivity index (χ2n) is 4.79. The number of hydrazone groups is 1. The SMILES string of the molecule is CCN(CC)c1ccc(/C=N/Nc2ccc(F)cc2)c(O)c1. The summed E-state index contributed by atoms with van der Waals surface area (Å²) in [5.41, 5.74) is 5.06. The van der Waals surface area contributed by atoms with Gasteiger partial charge in [-0.1, -0.05) is 0 Å². The zero-order valence-electron chi connectivity index (χ0n) is 12.8. The van der Waals surface area contributed by atoms with Crippen molar-refractivity contribution in [3.05, 3.63) is 53.8 Å². The molecule has 5 heteroatoms. The summed E-state index contributed by atoms with van der Waals surface area (Å²) in [4.78, 5) is 2.15. The van der Waals surface area contributed by atoms with Crippen LogP contribution in [0.2, 0.25) is 0 Å². The fourth-order valence-electron chi connectivity index (χ4n) is 2.13. The third kappa shape index (κ3) is 3.97. The van der Waals surface area contributed by atoms with E-state index in [4.69, 9.17) is 0 Å². The number of phenols is 1. The van der Waals surface area contributed by atoms with Crippen molar-refractivity contribution in [2.75, 3.05) is 23.4 Å². The van der Waals surface area contributed by atoms with Crippen molar-refractivity contribution < 1.29 is 9.50 Å². The van der Waals surface area contributed by atoms with Crippen LogP contribution in [0.3, 0.4) is 0 Å². The van der Waals surface area contributed by atoms with E-state index in [1.165, 1.54) is 18.3 Å². The summed E-state index contributed by atoms with van der Waals surface area (Å²) >= 11 is 0. The van der Waals surface area contributed by atoms with Crippen LogP contribution in [0.15, 0.2) is 47.6 Å². The highest BCUT2D eigenvalue weighted by Crippen LogP contribution is 2.23. The molecule has 0 heterocycles. The Labute approximate surface area is 129 Å². The number of nitrogens with zero attached hydrogens (tertiary/aromatic N) is 2. The van der Waals surface area contributed by atoms with Crippen LogP contribution >= 0.6 is 0 Å². The Hall–Kier alpha value is -2.56. The zero-order chi connectivity index (χ0) is 15.9. The van der Waals surface area contributed by atoms with E-state index in [1.807, 2.05) is 12.1 Å². The quantitative estimate of drug-likeness (QED) is 0.630. The lowest BCUT2D eigenvalue weighted by molar-refractivity contribution is 0.474. The third-order valence-corrected chi connectivity index (χ3v) is 3.38. The van der Waals surface area contributed by atoms with E-state index in [0.29, 0.717) is 11.3 Å². The summed E-state index contributed by atoms with van der Waals surface area (Å²) in [7, 11) is 0. The number of rotatable bonds is 6. The molecule has 2 N–H and O–H groups in total. The van der Waals surface area contributed by atoms with Crippen LogP contribution in [0.5, 0.6) is 5.75 Å².